The predicted octanol–water partition coefficient (Wildman–Crippen LogP) is 4.34. The summed E-state index contributed by atoms with van der Waals surface area (Å²) in [5.74, 6) is 0. The van der Waals surface area contributed by atoms with Crippen LogP contribution in [0.25, 0.3) is 0 Å². The Morgan fingerprint density at radius 3 is 2.28 bits per heavy atom. The summed E-state index contributed by atoms with van der Waals surface area (Å²) >= 11 is 12.2. The van der Waals surface area contributed by atoms with Gasteiger partial charge in [-0.05, 0) is 37.1 Å². The quantitative estimate of drug-likeness (QED) is 0.835. The zero-order valence-corrected chi connectivity index (χ0v) is 12.3. The second-order valence-electron chi connectivity index (χ2n) is 4.97. The Bertz CT molecular complexity index is 391. The molecule has 1 fully saturated rings. The van der Waals surface area contributed by atoms with Crippen molar-refractivity contribution in [2.45, 2.75) is 45.2 Å². The minimum absolute atomic E-state index is 0.478. The Balaban J connectivity index is 2.11. The van der Waals surface area contributed by atoms with Crippen molar-refractivity contribution < 1.29 is 0 Å². The highest BCUT2D eigenvalue weighted by Gasteiger charge is 2.21. The third kappa shape index (κ3) is 3.11. The van der Waals surface area contributed by atoms with Crippen LogP contribution in [0.2, 0.25) is 10.0 Å². The summed E-state index contributed by atoms with van der Waals surface area (Å²) in [6.07, 6.45) is 5.32. The van der Waals surface area contributed by atoms with Gasteiger partial charge in [0, 0.05) is 12.6 Å². The number of nitrogens with zero attached hydrogens (tertiary/aromatic N) is 1. The van der Waals surface area contributed by atoms with Gasteiger partial charge in [-0.1, -0.05) is 43.0 Å². The average Bonchev–Trinajstić information content (AvgIpc) is 2.86. The molecule has 1 aliphatic rings. The van der Waals surface area contributed by atoms with Crippen LogP contribution in [0.1, 0.15) is 38.2 Å². The third-order valence-corrected chi connectivity index (χ3v) is 4.40. The van der Waals surface area contributed by atoms with E-state index in [0.717, 1.165) is 18.7 Å². The van der Waals surface area contributed by atoms with Gasteiger partial charge in [0.05, 0.1) is 15.7 Å². The number of benzene rings is 1. The largest absolute Gasteiger partial charge is 0.396 e. The lowest BCUT2D eigenvalue weighted by Crippen LogP contribution is -2.32. The zero-order valence-electron chi connectivity index (χ0n) is 10.8. The number of nitrogens with two attached hydrogens (primary N) is 1. The van der Waals surface area contributed by atoms with Gasteiger partial charge in [0.1, 0.15) is 0 Å². The summed E-state index contributed by atoms with van der Waals surface area (Å²) in [4.78, 5) is 2.51. The molecule has 2 nitrogen and oxygen atoms in total. The first-order valence-electron chi connectivity index (χ1n) is 6.59. The molecule has 1 saturated carbocycles. The Labute approximate surface area is 119 Å². The molecule has 1 aromatic carbocycles. The molecule has 0 aromatic heterocycles. The molecule has 0 unspecified atom stereocenters. The highest BCUT2D eigenvalue weighted by atomic mass is 35.5. The van der Waals surface area contributed by atoms with E-state index in [2.05, 4.69) is 11.8 Å². The molecule has 0 atom stereocenters. The Hall–Kier alpha value is -0.440. The Kier molecular flexibility index (Phi) is 4.77. The first-order chi connectivity index (χ1) is 8.61. The van der Waals surface area contributed by atoms with Crippen LogP contribution in [0.3, 0.4) is 0 Å². The van der Waals surface area contributed by atoms with E-state index < -0.39 is 0 Å². The summed E-state index contributed by atoms with van der Waals surface area (Å²) in [6, 6.07) is 4.57. The molecule has 0 saturated heterocycles. The monoisotopic (exact) mass is 286 g/mol. The lowest BCUT2D eigenvalue weighted by molar-refractivity contribution is 0.200. The number of rotatable bonds is 4. The molecule has 2 rings (SSSR count). The second kappa shape index (κ2) is 6.14. The van der Waals surface area contributed by atoms with Crippen LogP contribution in [0.5, 0.6) is 0 Å². The molecule has 18 heavy (non-hydrogen) atoms. The van der Waals surface area contributed by atoms with Crippen LogP contribution in [0.15, 0.2) is 12.1 Å². The van der Waals surface area contributed by atoms with Crippen molar-refractivity contribution >= 4 is 28.9 Å². The van der Waals surface area contributed by atoms with Gasteiger partial charge >= 0.3 is 0 Å². The fourth-order valence-corrected chi connectivity index (χ4v) is 3.26. The number of hydrogen-bond donors (Lipinski definition) is 1. The van der Waals surface area contributed by atoms with Gasteiger partial charge in [0.15, 0.2) is 0 Å². The zero-order chi connectivity index (χ0) is 13.1. The van der Waals surface area contributed by atoms with Gasteiger partial charge < -0.3 is 5.73 Å². The van der Waals surface area contributed by atoms with Crippen LogP contribution < -0.4 is 5.73 Å². The van der Waals surface area contributed by atoms with Crippen molar-refractivity contribution in [2.24, 2.45) is 0 Å². The van der Waals surface area contributed by atoms with Crippen LogP contribution in [-0.4, -0.2) is 17.5 Å². The van der Waals surface area contributed by atoms with Gasteiger partial charge in [-0.15, -0.1) is 0 Å². The highest BCUT2D eigenvalue weighted by molar-refractivity contribution is 6.38. The molecule has 2 N–H and O–H groups in total. The molecule has 0 bridgehead atoms. The van der Waals surface area contributed by atoms with Crippen molar-refractivity contribution in [3.05, 3.63) is 27.7 Å². The lowest BCUT2D eigenvalue weighted by atomic mass is 10.1. The van der Waals surface area contributed by atoms with Crippen LogP contribution in [0, 0.1) is 0 Å². The van der Waals surface area contributed by atoms with E-state index in [4.69, 9.17) is 28.9 Å². The molecule has 0 aliphatic heterocycles. The first kappa shape index (κ1) is 14.0. The van der Waals surface area contributed by atoms with E-state index in [1.54, 1.807) is 0 Å². The average molecular weight is 287 g/mol. The number of hydrogen-bond acceptors (Lipinski definition) is 2. The molecular weight excluding hydrogens is 267 g/mol. The van der Waals surface area contributed by atoms with Crippen molar-refractivity contribution in [3.8, 4) is 0 Å². The van der Waals surface area contributed by atoms with E-state index >= 15 is 0 Å². The smallest absolute Gasteiger partial charge is 0.0693 e. The van der Waals surface area contributed by atoms with E-state index in [0.29, 0.717) is 21.8 Å². The van der Waals surface area contributed by atoms with Gasteiger partial charge in [0.2, 0.25) is 0 Å². The predicted molar refractivity (Wildman–Crippen MR) is 79.2 cm³/mol. The minimum Gasteiger partial charge on any atom is -0.396 e. The molecule has 4 heteroatoms. The Morgan fingerprint density at radius 2 is 1.78 bits per heavy atom. The molecule has 0 spiro atoms. The van der Waals surface area contributed by atoms with Gasteiger partial charge in [-0.25, -0.2) is 0 Å². The summed E-state index contributed by atoms with van der Waals surface area (Å²) in [7, 11) is 0. The number of anilines is 1. The second-order valence-corrected chi connectivity index (χ2v) is 5.79. The molecule has 100 valence electrons. The minimum atomic E-state index is 0.478. The maximum absolute atomic E-state index is 6.08. The lowest BCUT2D eigenvalue weighted by Gasteiger charge is -2.27. The van der Waals surface area contributed by atoms with E-state index in [1.165, 1.54) is 25.7 Å². The maximum atomic E-state index is 6.08. The summed E-state index contributed by atoms with van der Waals surface area (Å²) in [5, 5.41) is 1.11. The molecule has 0 heterocycles. The topological polar surface area (TPSA) is 29.3 Å². The molecule has 0 amide bonds. The van der Waals surface area contributed by atoms with Crippen molar-refractivity contribution in [2.75, 3.05) is 12.3 Å². The van der Waals surface area contributed by atoms with Crippen molar-refractivity contribution in [3.63, 3.8) is 0 Å². The highest BCUT2D eigenvalue weighted by Crippen LogP contribution is 2.30. The number of halogens is 2. The summed E-state index contributed by atoms with van der Waals surface area (Å²) in [5.41, 5.74) is 7.38. The van der Waals surface area contributed by atoms with Gasteiger partial charge in [-0.2, -0.15) is 0 Å². The first-order valence-corrected chi connectivity index (χ1v) is 7.35. The molecule has 0 radical (unpaired) electrons. The van der Waals surface area contributed by atoms with Crippen molar-refractivity contribution in [1.29, 1.82) is 0 Å². The molecule has 1 aliphatic carbocycles. The fraction of sp³-hybridized carbons (Fsp3) is 0.571. The van der Waals surface area contributed by atoms with Crippen LogP contribution >= 0.6 is 23.2 Å². The van der Waals surface area contributed by atoms with E-state index in [-0.39, 0.29) is 0 Å². The van der Waals surface area contributed by atoms with Gasteiger partial charge in [-0.3, -0.25) is 4.90 Å². The third-order valence-electron chi connectivity index (χ3n) is 3.77. The fourth-order valence-electron chi connectivity index (χ4n) is 2.73. The summed E-state index contributed by atoms with van der Waals surface area (Å²) in [6.45, 7) is 4.17. The van der Waals surface area contributed by atoms with E-state index in [9.17, 15) is 0 Å². The number of nitrogen functional groups attached to an aromatic ring is 1. The molecular formula is C14H20Cl2N2. The maximum Gasteiger partial charge on any atom is 0.0693 e. The van der Waals surface area contributed by atoms with Gasteiger partial charge in [0.25, 0.3) is 0 Å². The van der Waals surface area contributed by atoms with Crippen LogP contribution in [-0.2, 0) is 6.54 Å². The van der Waals surface area contributed by atoms with Crippen LogP contribution in [0.4, 0.5) is 5.69 Å². The van der Waals surface area contributed by atoms with E-state index in [1.807, 2.05) is 12.1 Å². The standard InChI is InChI=1S/C14H20Cl2N2/c1-2-18(11-5-3-4-6-11)9-10-7-12(15)14(17)13(16)8-10/h7-8,11H,2-6,9,17H2,1H3. The Morgan fingerprint density at radius 1 is 1.22 bits per heavy atom. The summed E-state index contributed by atoms with van der Waals surface area (Å²) < 4.78 is 0. The molecule has 1 aromatic rings. The van der Waals surface area contributed by atoms with Crippen molar-refractivity contribution in [1.82, 2.24) is 4.90 Å². The SMILES string of the molecule is CCN(Cc1cc(Cl)c(N)c(Cl)c1)C1CCCC1. The normalized spacial score (nSPS) is 16.7.